The second kappa shape index (κ2) is 9.94. The fourth-order valence-electron chi connectivity index (χ4n) is 2.74. The van der Waals surface area contributed by atoms with E-state index >= 15 is 0 Å². The van der Waals surface area contributed by atoms with Gasteiger partial charge in [-0.2, -0.15) is 0 Å². The zero-order valence-electron chi connectivity index (χ0n) is 16.6. The third-order valence-electron chi connectivity index (χ3n) is 4.22. The fraction of sp³-hybridized carbons (Fsp3) is 0.182. The number of aromatic carboxylic acids is 1. The second-order valence-electron chi connectivity index (χ2n) is 6.44. The summed E-state index contributed by atoms with van der Waals surface area (Å²) in [7, 11) is 0. The Kier molecular flexibility index (Phi) is 7.09. The number of thioether (sulfide) groups is 1. The average Bonchev–Trinajstić information content (AvgIpc) is 3.01. The van der Waals surface area contributed by atoms with Crippen molar-refractivity contribution < 1.29 is 33.8 Å². The first kappa shape index (κ1) is 22.1. The molecule has 1 fully saturated rings. The van der Waals surface area contributed by atoms with Crippen LogP contribution >= 0.6 is 11.8 Å². The van der Waals surface area contributed by atoms with Gasteiger partial charge in [0.05, 0.1) is 17.1 Å². The summed E-state index contributed by atoms with van der Waals surface area (Å²) in [5.74, 6) is -1.62. The molecule has 2 aromatic rings. The Morgan fingerprint density at radius 1 is 1.13 bits per heavy atom. The third kappa shape index (κ3) is 5.73. The fourth-order valence-corrected chi connectivity index (χ4v) is 3.58. The van der Waals surface area contributed by atoms with Gasteiger partial charge in [0.2, 0.25) is 0 Å². The Hall–Kier alpha value is -3.59. The van der Waals surface area contributed by atoms with E-state index in [0.717, 1.165) is 22.2 Å². The average molecular weight is 441 g/mol. The molecule has 1 N–H and O–H groups in total. The molecule has 160 valence electrons. The zero-order valence-corrected chi connectivity index (χ0v) is 17.4. The normalized spacial score (nSPS) is 14.7. The van der Waals surface area contributed by atoms with Gasteiger partial charge in [-0.05, 0) is 60.2 Å². The van der Waals surface area contributed by atoms with E-state index in [1.807, 2.05) is 0 Å². The molecular weight excluding hydrogens is 422 g/mol. The lowest BCUT2D eigenvalue weighted by molar-refractivity contribution is -0.145. The Balaban J connectivity index is 1.62. The lowest BCUT2D eigenvalue weighted by Crippen LogP contribution is -2.34. The number of carbonyl (C=O) groups is 4. The van der Waals surface area contributed by atoms with Gasteiger partial charge in [-0.25, -0.2) is 4.79 Å². The number of imide groups is 1. The minimum absolute atomic E-state index is 0.171. The van der Waals surface area contributed by atoms with Crippen molar-refractivity contribution in [3.8, 4) is 5.75 Å². The number of carboxylic acid groups (broad SMARTS) is 1. The first-order valence-corrected chi connectivity index (χ1v) is 10.1. The lowest BCUT2D eigenvalue weighted by Gasteiger charge is -2.10. The van der Waals surface area contributed by atoms with Gasteiger partial charge < -0.3 is 14.6 Å². The van der Waals surface area contributed by atoms with Gasteiger partial charge in [0.25, 0.3) is 11.1 Å². The van der Waals surface area contributed by atoms with Gasteiger partial charge in [-0.3, -0.25) is 19.3 Å². The largest absolute Gasteiger partial charge is 0.489 e. The number of ether oxygens (including phenoxy) is 2. The number of carboxylic acids is 1. The smallest absolute Gasteiger partial charge is 0.335 e. The highest BCUT2D eigenvalue weighted by molar-refractivity contribution is 8.18. The molecule has 0 aromatic heterocycles. The van der Waals surface area contributed by atoms with Crippen molar-refractivity contribution in [2.75, 3.05) is 13.2 Å². The molecule has 1 aliphatic rings. The van der Waals surface area contributed by atoms with E-state index < -0.39 is 29.6 Å². The predicted octanol–water partition coefficient (Wildman–Crippen LogP) is 3.56. The summed E-state index contributed by atoms with van der Waals surface area (Å²) >= 11 is 0.764. The Morgan fingerprint density at radius 3 is 2.55 bits per heavy atom. The predicted molar refractivity (Wildman–Crippen MR) is 113 cm³/mol. The summed E-state index contributed by atoms with van der Waals surface area (Å²) in [6.07, 6.45) is 1.57. The molecule has 8 nitrogen and oxygen atoms in total. The van der Waals surface area contributed by atoms with Crippen molar-refractivity contribution in [3.63, 3.8) is 0 Å². The maximum atomic E-state index is 12.4. The maximum Gasteiger partial charge on any atom is 0.335 e. The molecule has 3 rings (SSSR count). The van der Waals surface area contributed by atoms with E-state index in [2.05, 4.69) is 0 Å². The van der Waals surface area contributed by atoms with Crippen LogP contribution in [-0.2, 0) is 20.9 Å². The van der Waals surface area contributed by atoms with Crippen molar-refractivity contribution in [1.29, 1.82) is 0 Å². The number of amides is 2. The van der Waals surface area contributed by atoms with E-state index in [1.54, 1.807) is 55.5 Å². The second-order valence-corrected chi connectivity index (χ2v) is 7.43. The van der Waals surface area contributed by atoms with Crippen LogP contribution in [0, 0.1) is 0 Å². The number of rotatable bonds is 8. The van der Waals surface area contributed by atoms with Gasteiger partial charge >= 0.3 is 11.9 Å². The first-order chi connectivity index (χ1) is 14.9. The van der Waals surface area contributed by atoms with Gasteiger partial charge in [0, 0.05) is 0 Å². The van der Waals surface area contributed by atoms with Crippen LogP contribution in [0.4, 0.5) is 4.79 Å². The van der Waals surface area contributed by atoms with Gasteiger partial charge in [-0.15, -0.1) is 0 Å². The van der Waals surface area contributed by atoms with E-state index in [4.69, 9.17) is 14.6 Å². The number of esters is 1. The monoisotopic (exact) mass is 441 g/mol. The SMILES string of the molecule is CCOC(=O)CN1C(=O)SC(=Cc2ccc(OCc3cccc(C(=O)O)c3)cc2)C1=O. The standard InChI is InChI=1S/C22H19NO7S/c1-2-29-19(24)12-23-20(25)18(31-22(23)28)11-14-6-8-17(9-7-14)30-13-15-4-3-5-16(10-15)21(26)27/h3-11H,2,12-13H2,1H3,(H,26,27). The number of hydrogen-bond donors (Lipinski definition) is 1. The molecule has 2 aromatic carbocycles. The van der Waals surface area contributed by atoms with Crippen LogP contribution < -0.4 is 4.74 Å². The Bertz CT molecular complexity index is 1050. The summed E-state index contributed by atoms with van der Waals surface area (Å²) in [6.45, 7) is 1.61. The van der Waals surface area contributed by atoms with Crippen LogP contribution in [0.1, 0.15) is 28.4 Å². The lowest BCUT2D eigenvalue weighted by atomic mass is 10.1. The maximum absolute atomic E-state index is 12.4. The minimum Gasteiger partial charge on any atom is -0.489 e. The van der Waals surface area contributed by atoms with Gasteiger partial charge in [0.15, 0.2) is 0 Å². The molecule has 0 spiro atoms. The summed E-state index contributed by atoms with van der Waals surface area (Å²) < 4.78 is 10.5. The topological polar surface area (TPSA) is 110 Å². The van der Waals surface area contributed by atoms with Crippen molar-refractivity contribution >= 4 is 40.9 Å². The van der Waals surface area contributed by atoms with Crippen LogP contribution in [0.5, 0.6) is 5.75 Å². The van der Waals surface area contributed by atoms with Crippen molar-refractivity contribution in [2.45, 2.75) is 13.5 Å². The molecular formula is C22H19NO7S. The van der Waals surface area contributed by atoms with Crippen LogP contribution in [-0.4, -0.2) is 46.2 Å². The molecule has 1 heterocycles. The highest BCUT2D eigenvalue weighted by atomic mass is 32.2. The Labute approximate surface area is 182 Å². The first-order valence-electron chi connectivity index (χ1n) is 9.33. The molecule has 31 heavy (non-hydrogen) atoms. The van der Waals surface area contributed by atoms with Crippen LogP contribution in [0.3, 0.4) is 0 Å². The number of carbonyl (C=O) groups excluding carboxylic acids is 3. The molecule has 2 amide bonds. The highest BCUT2D eigenvalue weighted by Crippen LogP contribution is 2.32. The van der Waals surface area contributed by atoms with Crippen LogP contribution in [0.25, 0.3) is 6.08 Å². The van der Waals surface area contributed by atoms with Crippen LogP contribution in [0.15, 0.2) is 53.4 Å². The van der Waals surface area contributed by atoms with Gasteiger partial charge in [0.1, 0.15) is 18.9 Å². The molecule has 0 radical (unpaired) electrons. The molecule has 0 bridgehead atoms. The quantitative estimate of drug-likeness (QED) is 0.489. The van der Waals surface area contributed by atoms with E-state index in [1.165, 1.54) is 6.07 Å². The van der Waals surface area contributed by atoms with E-state index in [0.29, 0.717) is 11.3 Å². The molecule has 0 aliphatic carbocycles. The summed E-state index contributed by atoms with van der Waals surface area (Å²) in [5, 5.41) is 8.52. The van der Waals surface area contributed by atoms with Crippen molar-refractivity contribution in [2.24, 2.45) is 0 Å². The number of hydrogen-bond acceptors (Lipinski definition) is 7. The number of nitrogens with zero attached hydrogens (tertiary/aromatic N) is 1. The summed E-state index contributed by atoms with van der Waals surface area (Å²) in [6, 6.07) is 13.3. The van der Waals surface area contributed by atoms with Crippen molar-refractivity contribution in [1.82, 2.24) is 4.90 Å². The summed E-state index contributed by atoms with van der Waals surface area (Å²) in [5.41, 5.74) is 1.59. The molecule has 9 heteroatoms. The van der Waals surface area contributed by atoms with Crippen LogP contribution in [0.2, 0.25) is 0 Å². The minimum atomic E-state index is -1.00. The molecule has 1 aliphatic heterocycles. The van der Waals surface area contributed by atoms with E-state index in [-0.39, 0.29) is 23.7 Å². The molecule has 0 saturated carbocycles. The van der Waals surface area contributed by atoms with Crippen molar-refractivity contribution in [3.05, 3.63) is 70.1 Å². The highest BCUT2D eigenvalue weighted by Gasteiger charge is 2.36. The molecule has 1 saturated heterocycles. The van der Waals surface area contributed by atoms with E-state index in [9.17, 15) is 19.2 Å². The Morgan fingerprint density at radius 2 is 1.87 bits per heavy atom. The third-order valence-corrected chi connectivity index (χ3v) is 5.13. The summed E-state index contributed by atoms with van der Waals surface area (Å²) in [4.78, 5) is 48.1. The number of benzene rings is 2. The van der Waals surface area contributed by atoms with Gasteiger partial charge in [-0.1, -0.05) is 24.3 Å². The molecule has 0 unspecified atom stereocenters. The zero-order chi connectivity index (χ0) is 22.4. The molecule has 0 atom stereocenters.